The minimum atomic E-state index is -0.333. The largest absolute Gasteiger partial charge is 0.494 e. The molecule has 0 atom stereocenters. The predicted octanol–water partition coefficient (Wildman–Crippen LogP) is 4.70. The molecule has 3 aromatic rings. The lowest BCUT2D eigenvalue weighted by Gasteiger charge is -2.10. The van der Waals surface area contributed by atoms with Gasteiger partial charge in [-0.15, -0.1) is 10.2 Å². The van der Waals surface area contributed by atoms with E-state index in [1.807, 2.05) is 50.2 Å². The molecular weight excluding hydrogens is 404 g/mol. The molecule has 0 unspecified atom stereocenters. The van der Waals surface area contributed by atoms with Gasteiger partial charge in [-0.2, -0.15) is 0 Å². The van der Waals surface area contributed by atoms with Gasteiger partial charge < -0.3 is 20.1 Å². The summed E-state index contributed by atoms with van der Waals surface area (Å²) in [5, 5.41) is 14.3. The fraction of sp³-hybridized carbons (Fsp3) is 0.227. The number of amides is 2. The van der Waals surface area contributed by atoms with E-state index in [0.717, 1.165) is 22.6 Å². The molecule has 3 rings (SSSR count). The van der Waals surface area contributed by atoms with Crippen LogP contribution in [0, 0.1) is 6.92 Å². The third-order valence-corrected chi connectivity index (χ3v) is 4.42. The quantitative estimate of drug-likeness (QED) is 0.510. The Morgan fingerprint density at radius 2 is 1.83 bits per heavy atom. The van der Waals surface area contributed by atoms with E-state index >= 15 is 0 Å². The zero-order valence-corrected chi connectivity index (χ0v) is 17.6. The molecule has 2 N–H and O–H groups in total. The Balaban J connectivity index is 1.44. The summed E-state index contributed by atoms with van der Waals surface area (Å²) in [5.41, 5.74) is 3.26. The first-order valence-electron chi connectivity index (χ1n) is 9.56. The third kappa shape index (κ3) is 6.09. The van der Waals surface area contributed by atoms with E-state index in [2.05, 4.69) is 20.8 Å². The van der Waals surface area contributed by atoms with Crippen LogP contribution in [0.2, 0.25) is 5.02 Å². The van der Waals surface area contributed by atoms with Crippen molar-refractivity contribution >= 4 is 23.3 Å². The second-order valence-corrected chi connectivity index (χ2v) is 6.84. The fourth-order valence-electron chi connectivity index (χ4n) is 2.66. The van der Waals surface area contributed by atoms with Gasteiger partial charge in [-0.1, -0.05) is 17.7 Å². The highest BCUT2D eigenvalue weighted by atomic mass is 35.5. The van der Waals surface area contributed by atoms with Gasteiger partial charge in [0, 0.05) is 22.3 Å². The summed E-state index contributed by atoms with van der Waals surface area (Å²) in [6, 6.07) is 16.2. The SMILES string of the molecule is CCOc1ccc(-c2ccc(OCCNC(=O)Nc3cc(Cl)ccc3C)nn2)cc1. The Morgan fingerprint density at radius 3 is 2.53 bits per heavy atom. The van der Waals surface area contributed by atoms with Gasteiger partial charge in [0.2, 0.25) is 5.88 Å². The number of aromatic nitrogens is 2. The molecule has 0 aliphatic heterocycles. The molecule has 1 heterocycles. The zero-order chi connectivity index (χ0) is 21.3. The highest BCUT2D eigenvalue weighted by Crippen LogP contribution is 2.21. The molecule has 0 spiro atoms. The van der Waals surface area contributed by atoms with Gasteiger partial charge in [-0.05, 0) is 61.9 Å². The number of halogens is 1. The topological polar surface area (TPSA) is 85.4 Å². The molecule has 0 radical (unpaired) electrons. The van der Waals surface area contributed by atoms with E-state index in [4.69, 9.17) is 21.1 Å². The van der Waals surface area contributed by atoms with Crippen LogP contribution in [0.3, 0.4) is 0 Å². The van der Waals surface area contributed by atoms with Crippen LogP contribution >= 0.6 is 11.6 Å². The van der Waals surface area contributed by atoms with Crippen molar-refractivity contribution in [3.63, 3.8) is 0 Å². The number of carbonyl (C=O) groups is 1. The summed E-state index contributed by atoms with van der Waals surface area (Å²) >= 11 is 5.95. The zero-order valence-electron chi connectivity index (χ0n) is 16.8. The number of nitrogens with zero attached hydrogens (tertiary/aromatic N) is 2. The Morgan fingerprint density at radius 1 is 1.03 bits per heavy atom. The van der Waals surface area contributed by atoms with Crippen molar-refractivity contribution in [2.24, 2.45) is 0 Å². The number of aryl methyl sites for hydroxylation is 1. The number of urea groups is 1. The summed E-state index contributed by atoms with van der Waals surface area (Å²) in [6.07, 6.45) is 0. The first-order chi connectivity index (χ1) is 14.5. The van der Waals surface area contributed by atoms with Crippen LogP contribution in [-0.4, -0.2) is 36.0 Å². The van der Waals surface area contributed by atoms with E-state index in [9.17, 15) is 4.79 Å². The van der Waals surface area contributed by atoms with Gasteiger partial charge in [-0.25, -0.2) is 4.79 Å². The van der Waals surface area contributed by atoms with E-state index in [1.54, 1.807) is 18.2 Å². The maximum atomic E-state index is 12.0. The Hall–Kier alpha value is -3.32. The first kappa shape index (κ1) is 21.4. The molecule has 0 saturated carbocycles. The van der Waals surface area contributed by atoms with Crippen LogP contribution < -0.4 is 20.1 Å². The molecular formula is C22H23ClN4O3. The smallest absolute Gasteiger partial charge is 0.319 e. The van der Waals surface area contributed by atoms with Crippen LogP contribution in [0.5, 0.6) is 11.6 Å². The van der Waals surface area contributed by atoms with Gasteiger partial charge in [-0.3, -0.25) is 0 Å². The van der Waals surface area contributed by atoms with Gasteiger partial charge in [0.1, 0.15) is 12.4 Å². The van der Waals surface area contributed by atoms with Crippen molar-refractivity contribution in [2.75, 3.05) is 25.1 Å². The van der Waals surface area contributed by atoms with Crippen molar-refractivity contribution in [3.8, 4) is 22.9 Å². The summed E-state index contributed by atoms with van der Waals surface area (Å²) in [5.74, 6) is 1.20. The van der Waals surface area contributed by atoms with Crippen LogP contribution in [0.25, 0.3) is 11.3 Å². The van der Waals surface area contributed by atoms with E-state index in [-0.39, 0.29) is 12.6 Å². The van der Waals surface area contributed by atoms with Crippen molar-refractivity contribution in [1.82, 2.24) is 15.5 Å². The van der Waals surface area contributed by atoms with Gasteiger partial charge in [0.25, 0.3) is 0 Å². The van der Waals surface area contributed by atoms with Crippen molar-refractivity contribution < 1.29 is 14.3 Å². The number of ether oxygens (including phenoxy) is 2. The van der Waals surface area contributed by atoms with Crippen LogP contribution in [0.4, 0.5) is 10.5 Å². The molecule has 0 aliphatic rings. The first-order valence-corrected chi connectivity index (χ1v) is 9.93. The van der Waals surface area contributed by atoms with Crippen molar-refractivity contribution in [3.05, 3.63) is 65.2 Å². The molecule has 0 aliphatic carbocycles. The number of nitrogens with one attached hydrogen (secondary N) is 2. The normalized spacial score (nSPS) is 10.4. The lowest BCUT2D eigenvalue weighted by atomic mass is 10.1. The molecule has 30 heavy (non-hydrogen) atoms. The molecule has 2 aromatic carbocycles. The molecule has 156 valence electrons. The Kier molecular flexibility index (Phi) is 7.45. The molecule has 8 heteroatoms. The highest BCUT2D eigenvalue weighted by molar-refractivity contribution is 6.31. The van der Waals surface area contributed by atoms with Gasteiger partial charge >= 0.3 is 6.03 Å². The predicted molar refractivity (Wildman–Crippen MR) is 117 cm³/mol. The van der Waals surface area contributed by atoms with E-state index < -0.39 is 0 Å². The summed E-state index contributed by atoms with van der Waals surface area (Å²) in [4.78, 5) is 12.0. The maximum absolute atomic E-state index is 12.0. The molecule has 0 bridgehead atoms. The molecule has 0 saturated heterocycles. The number of carbonyl (C=O) groups excluding carboxylic acids is 1. The second kappa shape index (κ2) is 10.5. The maximum Gasteiger partial charge on any atom is 0.319 e. The third-order valence-electron chi connectivity index (χ3n) is 4.19. The van der Waals surface area contributed by atoms with Gasteiger partial charge in [0.05, 0.1) is 18.8 Å². The fourth-order valence-corrected chi connectivity index (χ4v) is 2.83. The van der Waals surface area contributed by atoms with E-state index in [0.29, 0.717) is 29.7 Å². The van der Waals surface area contributed by atoms with Crippen LogP contribution in [0.15, 0.2) is 54.6 Å². The monoisotopic (exact) mass is 426 g/mol. The van der Waals surface area contributed by atoms with Crippen molar-refractivity contribution in [1.29, 1.82) is 0 Å². The van der Waals surface area contributed by atoms with E-state index in [1.165, 1.54) is 0 Å². The number of benzene rings is 2. The highest BCUT2D eigenvalue weighted by Gasteiger charge is 2.06. The Labute approximate surface area is 180 Å². The van der Waals surface area contributed by atoms with Crippen LogP contribution in [-0.2, 0) is 0 Å². The van der Waals surface area contributed by atoms with Crippen molar-refractivity contribution in [2.45, 2.75) is 13.8 Å². The molecule has 2 amide bonds. The second-order valence-electron chi connectivity index (χ2n) is 6.40. The minimum Gasteiger partial charge on any atom is -0.494 e. The Bertz CT molecular complexity index is 979. The average Bonchev–Trinajstić information content (AvgIpc) is 2.75. The summed E-state index contributed by atoms with van der Waals surface area (Å²) in [7, 11) is 0. The molecule has 1 aromatic heterocycles. The summed E-state index contributed by atoms with van der Waals surface area (Å²) < 4.78 is 11.0. The molecule has 7 nitrogen and oxygen atoms in total. The standard InChI is InChI=1S/C22H23ClN4O3/c1-3-29-18-8-5-16(6-9-18)19-10-11-21(27-26-19)30-13-12-24-22(28)25-20-14-17(23)7-4-15(20)2/h4-11,14H,3,12-13H2,1-2H3,(H2,24,25,28). The number of hydrogen-bond acceptors (Lipinski definition) is 5. The number of anilines is 1. The minimum absolute atomic E-state index is 0.263. The molecule has 0 fully saturated rings. The van der Waals surface area contributed by atoms with Crippen LogP contribution in [0.1, 0.15) is 12.5 Å². The number of hydrogen-bond donors (Lipinski definition) is 2. The lowest BCUT2D eigenvalue weighted by molar-refractivity contribution is 0.246. The summed E-state index contributed by atoms with van der Waals surface area (Å²) in [6.45, 7) is 5.04. The number of rotatable bonds is 8. The lowest BCUT2D eigenvalue weighted by Crippen LogP contribution is -2.32. The average molecular weight is 427 g/mol. The van der Waals surface area contributed by atoms with Gasteiger partial charge in [0.15, 0.2) is 0 Å².